The molecule has 0 aliphatic carbocycles. The Morgan fingerprint density at radius 2 is 2.16 bits per heavy atom. The van der Waals surface area contributed by atoms with E-state index in [1.54, 1.807) is 24.3 Å². The van der Waals surface area contributed by atoms with Crippen LogP contribution < -0.4 is 5.32 Å². The summed E-state index contributed by atoms with van der Waals surface area (Å²) >= 11 is 1.38. The van der Waals surface area contributed by atoms with Crippen LogP contribution >= 0.6 is 11.8 Å². The highest BCUT2D eigenvalue weighted by Gasteiger charge is 2.32. The maximum absolute atomic E-state index is 11.6. The molecule has 0 spiro atoms. The molecule has 2 rings (SSSR count). The highest BCUT2D eigenvalue weighted by atomic mass is 32.2. The van der Waals surface area contributed by atoms with Crippen LogP contribution in [0.25, 0.3) is 0 Å². The highest BCUT2D eigenvalue weighted by molar-refractivity contribution is 8.15. The van der Waals surface area contributed by atoms with Crippen LogP contribution in [0.3, 0.4) is 0 Å². The first-order valence-corrected chi connectivity index (χ1v) is 6.82. The second-order valence-electron chi connectivity index (χ2n) is 4.48. The van der Waals surface area contributed by atoms with Crippen molar-refractivity contribution in [3.63, 3.8) is 0 Å². The number of hydrogen-bond donors (Lipinski definition) is 2. The minimum atomic E-state index is -0.112. The monoisotopic (exact) mass is 277 g/mol. The molecule has 1 aliphatic heterocycles. The summed E-state index contributed by atoms with van der Waals surface area (Å²) in [5.41, 5.74) is 0.585. The van der Waals surface area contributed by atoms with Crippen molar-refractivity contribution in [3.8, 4) is 5.75 Å². The number of carbonyl (C=O) groups excluding carboxylic acids is 1. The first-order valence-electron chi connectivity index (χ1n) is 5.94. The van der Waals surface area contributed by atoms with Crippen LogP contribution in [0, 0.1) is 5.92 Å². The predicted octanol–water partition coefficient (Wildman–Crippen LogP) is 1.97. The predicted molar refractivity (Wildman–Crippen MR) is 77.5 cm³/mol. The van der Waals surface area contributed by atoms with Gasteiger partial charge in [-0.3, -0.25) is 4.79 Å². The van der Waals surface area contributed by atoms with Crippen LogP contribution in [-0.2, 0) is 4.79 Å². The van der Waals surface area contributed by atoms with E-state index in [9.17, 15) is 9.90 Å². The zero-order valence-electron chi connectivity index (χ0n) is 10.7. The molecule has 1 atom stereocenters. The number of thioether (sulfide) groups is 1. The van der Waals surface area contributed by atoms with Gasteiger partial charge in [0.05, 0.1) is 11.5 Å². The molecule has 1 heterocycles. The van der Waals surface area contributed by atoms with Gasteiger partial charge in [-0.05, 0) is 18.1 Å². The molecule has 1 aliphatic rings. The molecule has 100 valence electrons. The van der Waals surface area contributed by atoms with Gasteiger partial charge < -0.3 is 10.4 Å². The SMILES string of the molecule is CC(C)C1S/C(=N\N=C\c2ccccc2O)NC1=O. The molecule has 0 saturated carbocycles. The van der Waals surface area contributed by atoms with Crippen molar-refractivity contribution in [1.29, 1.82) is 0 Å². The van der Waals surface area contributed by atoms with Crippen molar-refractivity contribution in [2.75, 3.05) is 0 Å². The minimum Gasteiger partial charge on any atom is -0.507 e. The molecular weight excluding hydrogens is 262 g/mol. The second-order valence-corrected chi connectivity index (χ2v) is 5.61. The normalized spacial score (nSPS) is 21.5. The molecule has 0 aromatic heterocycles. The standard InChI is InChI=1S/C13H15N3O2S/c1-8(2)11-12(18)15-13(19-11)16-14-7-9-5-3-4-6-10(9)17/h3-8,11,17H,1-2H3,(H,15,16,18)/b14-7+. The van der Waals surface area contributed by atoms with Crippen LogP contribution in [0.4, 0.5) is 0 Å². The zero-order valence-corrected chi connectivity index (χ0v) is 11.5. The Kier molecular flexibility index (Phi) is 4.21. The smallest absolute Gasteiger partial charge is 0.239 e. The van der Waals surface area contributed by atoms with Gasteiger partial charge in [-0.1, -0.05) is 37.7 Å². The molecular formula is C13H15N3O2S. The first kappa shape index (κ1) is 13.6. The molecule has 1 saturated heterocycles. The molecule has 1 fully saturated rings. The summed E-state index contributed by atoms with van der Waals surface area (Å²) in [7, 11) is 0. The lowest BCUT2D eigenvalue weighted by atomic mass is 10.1. The number of carbonyl (C=O) groups is 1. The fourth-order valence-electron chi connectivity index (χ4n) is 1.61. The molecule has 0 bridgehead atoms. The van der Waals surface area contributed by atoms with Crippen LogP contribution in [0.15, 0.2) is 34.5 Å². The maximum Gasteiger partial charge on any atom is 0.239 e. The van der Waals surface area contributed by atoms with E-state index in [0.717, 1.165) is 0 Å². The summed E-state index contributed by atoms with van der Waals surface area (Å²) in [6.45, 7) is 3.98. The largest absolute Gasteiger partial charge is 0.507 e. The molecule has 1 aromatic rings. The number of amidine groups is 1. The average Bonchev–Trinajstić information content (AvgIpc) is 2.73. The van der Waals surface area contributed by atoms with E-state index < -0.39 is 0 Å². The van der Waals surface area contributed by atoms with Crippen molar-refractivity contribution in [2.45, 2.75) is 19.1 Å². The van der Waals surface area contributed by atoms with Gasteiger partial charge in [0.15, 0.2) is 5.17 Å². The fourth-order valence-corrected chi connectivity index (χ4v) is 2.54. The molecule has 0 radical (unpaired) electrons. The Balaban J connectivity index is 2.05. The van der Waals surface area contributed by atoms with Crippen LogP contribution in [-0.4, -0.2) is 27.6 Å². The lowest BCUT2D eigenvalue weighted by Crippen LogP contribution is -2.27. The Labute approximate surface area is 115 Å². The first-order chi connectivity index (χ1) is 9.08. The summed E-state index contributed by atoms with van der Waals surface area (Å²) in [6, 6.07) is 6.85. The van der Waals surface area contributed by atoms with Crippen molar-refractivity contribution in [2.24, 2.45) is 16.1 Å². The number of phenolic OH excluding ortho intramolecular Hbond substituents is 1. The lowest BCUT2D eigenvalue weighted by Gasteiger charge is -2.07. The van der Waals surface area contributed by atoms with Gasteiger partial charge in [0.1, 0.15) is 5.75 Å². The average molecular weight is 277 g/mol. The Bertz CT molecular complexity index is 540. The summed E-state index contributed by atoms with van der Waals surface area (Å²) in [4.78, 5) is 11.6. The quantitative estimate of drug-likeness (QED) is 0.655. The number of rotatable bonds is 3. The van der Waals surface area contributed by atoms with Crippen LogP contribution in [0.1, 0.15) is 19.4 Å². The van der Waals surface area contributed by atoms with Crippen LogP contribution in [0.2, 0.25) is 0 Å². The number of aromatic hydroxyl groups is 1. The van der Waals surface area contributed by atoms with E-state index in [1.807, 2.05) is 13.8 Å². The molecule has 1 unspecified atom stereocenters. The fraction of sp³-hybridized carbons (Fsp3) is 0.308. The third-order valence-corrected chi connectivity index (χ3v) is 4.03. The van der Waals surface area contributed by atoms with Crippen molar-refractivity contribution >= 4 is 29.1 Å². The van der Waals surface area contributed by atoms with E-state index in [0.29, 0.717) is 10.7 Å². The Hall–Kier alpha value is -1.82. The number of amides is 1. The van der Waals surface area contributed by atoms with Gasteiger partial charge in [-0.25, -0.2) is 0 Å². The van der Waals surface area contributed by atoms with Crippen LogP contribution in [0.5, 0.6) is 5.75 Å². The lowest BCUT2D eigenvalue weighted by molar-refractivity contribution is -0.119. The third-order valence-electron chi connectivity index (χ3n) is 2.61. The summed E-state index contributed by atoms with van der Waals surface area (Å²) in [5.74, 6) is 0.367. The highest BCUT2D eigenvalue weighted by Crippen LogP contribution is 2.25. The van der Waals surface area contributed by atoms with E-state index in [1.165, 1.54) is 18.0 Å². The second kappa shape index (κ2) is 5.88. The molecule has 6 heteroatoms. The maximum atomic E-state index is 11.6. The van der Waals surface area contributed by atoms with Gasteiger partial charge >= 0.3 is 0 Å². The van der Waals surface area contributed by atoms with Gasteiger partial charge in [0, 0.05) is 5.56 Å². The van der Waals surface area contributed by atoms with Gasteiger partial charge in [0.25, 0.3) is 0 Å². The number of nitrogens with one attached hydrogen (secondary N) is 1. The van der Waals surface area contributed by atoms with E-state index in [4.69, 9.17) is 0 Å². The van der Waals surface area contributed by atoms with Crippen molar-refractivity contribution in [3.05, 3.63) is 29.8 Å². The van der Waals surface area contributed by atoms with Crippen molar-refractivity contribution in [1.82, 2.24) is 5.32 Å². The molecule has 1 aromatic carbocycles. The summed E-state index contributed by atoms with van der Waals surface area (Å²) < 4.78 is 0. The third kappa shape index (κ3) is 3.35. The molecule has 5 nitrogen and oxygen atoms in total. The minimum absolute atomic E-state index is 0.0310. The van der Waals surface area contributed by atoms with E-state index in [-0.39, 0.29) is 22.8 Å². The van der Waals surface area contributed by atoms with Gasteiger partial charge in [-0.2, -0.15) is 5.10 Å². The van der Waals surface area contributed by atoms with Crippen molar-refractivity contribution < 1.29 is 9.90 Å². The molecule has 1 amide bonds. The van der Waals surface area contributed by atoms with Gasteiger partial charge in [0.2, 0.25) is 5.91 Å². The van der Waals surface area contributed by atoms with E-state index >= 15 is 0 Å². The summed E-state index contributed by atoms with van der Waals surface area (Å²) in [5, 5.41) is 20.4. The number of nitrogens with zero attached hydrogens (tertiary/aromatic N) is 2. The number of benzene rings is 1. The Morgan fingerprint density at radius 1 is 1.42 bits per heavy atom. The summed E-state index contributed by atoms with van der Waals surface area (Å²) in [6.07, 6.45) is 1.46. The number of para-hydroxylation sites is 1. The molecule has 19 heavy (non-hydrogen) atoms. The molecule has 2 N–H and O–H groups in total. The van der Waals surface area contributed by atoms with E-state index in [2.05, 4.69) is 15.5 Å². The number of hydrogen-bond acceptors (Lipinski definition) is 5. The Morgan fingerprint density at radius 3 is 2.79 bits per heavy atom. The number of phenols is 1. The zero-order chi connectivity index (χ0) is 13.8. The van der Waals surface area contributed by atoms with Gasteiger partial charge in [-0.15, -0.1) is 5.10 Å². The topological polar surface area (TPSA) is 74.1 Å².